The molecule has 0 radical (unpaired) electrons. The van der Waals surface area contributed by atoms with Crippen LogP contribution in [0.4, 0.5) is 0 Å². The van der Waals surface area contributed by atoms with Crippen LogP contribution in [0.15, 0.2) is 17.3 Å². The number of hydrogen-bond acceptors (Lipinski definition) is 3. The van der Waals surface area contributed by atoms with Gasteiger partial charge in [-0.15, -0.1) is 12.4 Å². The Morgan fingerprint density at radius 2 is 2.18 bits per heavy atom. The topological polar surface area (TPSA) is 74.4 Å². The Bertz CT molecular complexity index is 370. The molecule has 0 saturated heterocycles. The minimum Gasteiger partial charge on any atom is -0.303 e. The third-order valence-electron chi connectivity index (χ3n) is 1.19. The minimum atomic E-state index is -0.254. The largest absolute Gasteiger partial charge is 0.325 e. The molecule has 0 aliphatic rings. The Morgan fingerprint density at radius 3 is 2.91 bits per heavy atom. The fourth-order valence-electron chi connectivity index (χ4n) is 0.782. The molecule has 2 rings (SSSR count). The zero-order chi connectivity index (χ0) is 6.97. The number of hydrogen-bond donors (Lipinski definition) is 2. The molecule has 0 aliphatic heterocycles. The molecule has 0 bridgehead atoms. The monoisotopic (exact) mass is 172 g/mol. The normalized spacial score (nSPS) is 9.45. The predicted molar refractivity (Wildman–Crippen MR) is 41.8 cm³/mol. The highest BCUT2D eigenvalue weighted by Crippen LogP contribution is 1.96. The lowest BCUT2D eigenvalue weighted by molar-refractivity contribution is 1.18. The second-order valence-corrected chi connectivity index (χ2v) is 1.86. The van der Waals surface area contributed by atoms with Crippen LogP contribution in [-0.4, -0.2) is 19.9 Å². The molecule has 0 amide bonds. The first-order chi connectivity index (χ1) is 4.86. The molecule has 0 aromatic carbocycles. The summed E-state index contributed by atoms with van der Waals surface area (Å²) < 4.78 is 0. The SMILES string of the molecule is Cl.O=c1[nH]c2cncnc2[nH]1. The third-order valence-corrected chi connectivity index (χ3v) is 1.19. The smallest absolute Gasteiger partial charge is 0.303 e. The van der Waals surface area contributed by atoms with Gasteiger partial charge in [-0.25, -0.2) is 14.8 Å². The number of imidazole rings is 1. The Hall–Kier alpha value is -1.36. The summed E-state index contributed by atoms with van der Waals surface area (Å²) in [5.41, 5.74) is 0.919. The van der Waals surface area contributed by atoms with Gasteiger partial charge in [0.25, 0.3) is 0 Å². The van der Waals surface area contributed by atoms with Gasteiger partial charge in [-0.3, -0.25) is 4.98 Å². The molecule has 5 nitrogen and oxygen atoms in total. The van der Waals surface area contributed by atoms with Crippen molar-refractivity contribution < 1.29 is 0 Å². The fraction of sp³-hybridized carbons (Fsp3) is 0. The van der Waals surface area contributed by atoms with Crippen LogP contribution in [0.25, 0.3) is 11.2 Å². The highest BCUT2D eigenvalue weighted by molar-refractivity contribution is 5.85. The average Bonchev–Trinajstić information content (AvgIpc) is 2.27. The summed E-state index contributed by atoms with van der Waals surface area (Å²) in [7, 11) is 0. The number of aromatic nitrogens is 4. The molecule has 0 spiro atoms. The zero-order valence-electron chi connectivity index (χ0n) is 5.37. The lowest BCUT2D eigenvalue weighted by Crippen LogP contribution is -1.99. The van der Waals surface area contributed by atoms with Crippen LogP contribution in [0.1, 0.15) is 0 Å². The molecule has 6 heteroatoms. The Balaban J connectivity index is 0.000000605. The number of fused-ring (bicyclic) bond motifs is 1. The fourth-order valence-corrected chi connectivity index (χ4v) is 0.782. The lowest BCUT2D eigenvalue weighted by Gasteiger charge is -1.80. The molecule has 2 aromatic heterocycles. The first-order valence-electron chi connectivity index (χ1n) is 2.74. The Kier molecular flexibility index (Phi) is 1.91. The van der Waals surface area contributed by atoms with Gasteiger partial charge in [0.2, 0.25) is 0 Å². The van der Waals surface area contributed by atoms with Crippen molar-refractivity contribution in [1.29, 1.82) is 0 Å². The maximum Gasteiger partial charge on any atom is 0.325 e. The molecule has 0 fully saturated rings. The molecular weight excluding hydrogens is 168 g/mol. The summed E-state index contributed by atoms with van der Waals surface area (Å²) in [5, 5.41) is 0. The van der Waals surface area contributed by atoms with E-state index < -0.39 is 0 Å². The van der Waals surface area contributed by atoms with Crippen LogP contribution in [0.5, 0.6) is 0 Å². The van der Waals surface area contributed by atoms with Crippen LogP contribution in [-0.2, 0) is 0 Å². The Morgan fingerprint density at radius 1 is 1.36 bits per heavy atom. The predicted octanol–water partition coefficient (Wildman–Crippen LogP) is 0.0680. The van der Waals surface area contributed by atoms with Crippen molar-refractivity contribution in [3.8, 4) is 0 Å². The van der Waals surface area contributed by atoms with Gasteiger partial charge in [0, 0.05) is 0 Å². The van der Waals surface area contributed by atoms with E-state index in [-0.39, 0.29) is 18.1 Å². The van der Waals surface area contributed by atoms with Gasteiger partial charge >= 0.3 is 5.69 Å². The number of rotatable bonds is 0. The van der Waals surface area contributed by atoms with Crippen molar-refractivity contribution in [2.75, 3.05) is 0 Å². The van der Waals surface area contributed by atoms with Gasteiger partial charge < -0.3 is 4.98 Å². The first kappa shape index (κ1) is 7.74. The van der Waals surface area contributed by atoms with Crippen molar-refractivity contribution in [2.45, 2.75) is 0 Å². The third kappa shape index (κ3) is 1.22. The van der Waals surface area contributed by atoms with Crippen LogP contribution >= 0.6 is 12.4 Å². The minimum absolute atomic E-state index is 0. The molecule has 0 atom stereocenters. The van der Waals surface area contributed by atoms with Crippen LogP contribution < -0.4 is 5.69 Å². The van der Waals surface area contributed by atoms with Crippen molar-refractivity contribution in [3.05, 3.63) is 23.0 Å². The number of H-pyrrole nitrogens is 2. The average molecular weight is 173 g/mol. The van der Waals surface area contributed by atoms with Crippen molar-refractivity contribution in [1.82, 2.24) is 19.9 Å². The standard InChI is InChI=1S/C5H4N4O.ClH/c10-5-8-3-1-6-2-7-4(3)9-5;/h1-2H,(H2,6,7,8,9,10);1H. The van der Waals surface area contributed by atoms with E-state index in [4.69, 9.17) is 0 Å². The maximum atomic E-state index is 10.6. The van der Waals surface area contributed by atoms with E-state index in [1.807, 2.05) is 0 Å². The van der Waals surface area contributed by atoms with Gasteiger partial charge in [0.05, 0.1) is 6.20 Å². The summed E-state index contributed by atoms with van der Waals surface area (Å²) in [6.07, 6.45) is 2.92. The molecule has 11 heavy (non-hydrogen) atoms. The Labute approximate surface area is 67.3 Å². The summed E-state index contributed by atoms with van der Waals surface area (Å²) >= 11 is 0. The molecule has 0 saturated carbocycles. The molecule has 0 unspecified atom stereocenters. The molecule has 2 N–H and O–H groups in total. The molecule has 2 heterocycles. The summed E-state index contributed by atoms with van der Waals surface area (Å²) in [6, 6.07) is 0. The number of nitrogens with zero attached hydrogens (tertiary/aromatic N) is 2. The van der Waals surface area contributed by atoms with Crippen molar-refractivity contribution in [3.63, 3.8) is 0 Å². The van der Waals surface area contributed by atoms with Gasteiger partial charge in [-0.1, -0.05) is 0 Å². The van der Waals surface area contributed by atoms with Crippen molar-refractivity contribution in [2.24, 2.45) is 0 Å². The summed E-state index contributed by atoms with van der Waals surface area (Å²) in [4.78, 5) is 23.2. The van der Waals surface area contributed by atoms with E-state index in [0.717, 1.165) is 0 Å². The van der Waals surface area contributed by atoms with E-state index in [2.05, 4.69) is 19.9 Å². The molecule has 0 aliphatic carbocycles. The van der Waals surface area contributed by atoms with E-state index in [9.17, 15) is 4.79 Å². The van der Waals surface area contributed by atoms with Gasteiger partial charge in [0.15, 0.2) is 5.65 Å². The zero-order valence-corrected chi connectivity index (χ0v) is 6.18. The summed E-state index contributed by atoms with van der Waals surface area (Å²) in [6.45, 7) is 0. The molecule has 2 aromatic rings. The highest BCUT2D eigenvalue weighted by Gasteiger charge is 1.94. The number of nitrogens with one attached hydrogen (secondary N) is 2. The quantitative estimate of drug-likeness (QED) is 0.591. The van der Waals surface area contributed by atoms with E-state index in [1.165, 1.54) is 6.33 Å². The number of aromatic amines is 2. The van der Waals surface area contributed by atoms with E-state index >= 15 is 0 Å². The van der Waals surface area contributed by atoms with E-state index in [1.54, 1.807) is 6.20 Å². The first-order valence-corrected chi connectivity index (χ1v) is 2.74. The van der Waals surface area contributed by atoms with E-state index in [0.29, 0.717) is 11.2 Å². The van der Waals surface area contributed by atoms with Crippen LogP contribution in [0, 0.1) is 0 Å². The van der Waals surface area contributed by atoms with Crippen LogP contribution in [0.3, 0.4) is 0 Å². The van der Waals surface area contributed by atoms with Crippen LogP contribution in [0.2, 0.25) is 0 Å². The number of halogens is 1. The second kappa shape index (κ2) is 2.71. The highest BCUT2D eigenvalue weighted by atomic mass is 35.5. The van der Waals surface area contributed by atoms with Gasteiger partial charge in [0.1, 0.15) is 11.8 Å². The maximum absolute atomic E-state index is 10.6. The lowest BCUT2D eigenvalue weighted by atomic mass is 10.6. The van der Waals surface area contributed by atoms with Crippen molar-refractivity contribution >= 4 is 23.6 Å². The molecule has 58 valence electrons. The molecular formula is C5H5ClN4O. The summed E-state index contributed by atoms with van der Waals surface area (Å²) in [5.74, 6) is 0. The van der Waals surface area contributed by atoms with Gasteiger partial charge in [-0.2, -0.15) is 0 Å². The second-order valence-electron chi connectivity index (χ2n) is 1.86. The van der Waals surface area contributed by atoms with Gasteiger partial charge in [-0.05, 0) is 0 Å².